The highest BCUT2D eigenvalue weighted by Crippen LogP contribution is 2.23. The summed E-state index contributed by atoms with van der Waals surface area (Å²) in [6.45, 7) is 8.37. The van der Waals surface area contributed by atoms with Crippen molar-refractivity contribution in [1.82, 2.24) is 15.0 Å². The van der Waals surface area contributed by atoms with Crippen molar-refractivity contribution in [2.24, 2.45) is 0 Å². The van der Waals surface area contributed by atoms with Gasteiger partial charge in [-0.25, -0.2) is 4.68 Å². The van der Waals surface area contributed by atoms with E-state index in [9.17, 15) is 0 Å². The average Bonchev–Trinajstić information content (AvgIpc) is 2.69. The Bertz CT molecular complexity index is 594. The molecule has 0 aliphatic carbocycles. The van der Waals surface area contributed by atoms with Gasteiger partial charge in [0.2, 0.25) is 0 Å². The second-order valence-electron chi connectivity index (χ2n) is 5.34. The molecular weight excluding hydrogens is 224 g/mol. The minimum absolute atomic E-state index is 0.133. The third kappa shape index (κ3) is 2.12. The monoisotopic (exact) mass is 240 g/mol. The van der Waals surface area contributed by atoms with Crippen LogP contribution in [0.4, 0.5) is 0 Å². The van der Waals surface area contributed by atoms with Crippen LogP contribution in [0.15, 0.2) is 24.3 Å². The maximum atomic E-state index is 8.86. The first-order valence-electron chi connectivity index (χ1n) is 5.87. The predicted octanol–water partition coefficient (Wildman–Crippen LogP) is 2.74. The second-order valence-corrected chi connectivity index (χ2v) is 5.34. The van der Waals surface area contributed by atoms with Crippen LogP contribution >= 0.6 is 0 Å². The van der Waals surface area contributed by atoms with Crippen molar-refractivity contribution in [3.63, 3.8) is 0 Å². The molecule has 1 aromatic carbocycles. The van der Waals surface area contributed by atoms with E-state index in [0.29, 0.717) is 5.69 Å². The van der Waals surface area contributed by atoms with Crippen molar-refractivity contribution in [2.75, 3.05) is 0 Å². The van der Waals surface area contributed by atoms with Crippen LogP contribution in [0, 0.1) is 18.3 Å². The van der Waals surface area contributed by atoms with Gasteiger partial charge in [-0.15, -0.1) is 5.10 Å². The Morgan fingerprint density at radius 2 is 1.78 bits per heavy atom. The lowest BCUT2D eigenvalue weighted by atomic mass is 9.87. The first-order valence-corrected chi connectivity index (χ1v) is 5.87. The standard InChI is InChI=1S/C14H16N4/c1-10-13(9-15)16-17-18(10)12-7-5-11(6-8-12)14(2,3)4/h5-8H,1-4H3. The first-order chi connectivity index (χ1) is 8.43. The summed E-state index contributed by atoms with van der Waals surface area (Å²) >= 11 is 0. The predicted molar refractivity (Wildman–Crippen MR) is 69.5 cm³/mol. The van der Waals surface area contributed by atoms with Gasteiger partial charge < -0.3 is 0 Å². The fourth-order valence-corrected chi connectivity index (χ4v) is 1.78. The highest BCUT2D eigenvalue weighted by atomic mass is 15.4. The molecule has 1 aromatic heterocycles. The summed E-state index contributed by atoms with van der Waals surface area (Å²) < 4.78 is 1.69. The third-order valence-corrected chi connectivity index (χ3v) is 2.98. The van der Waals surface area contributed by atoms with E-state index in [4.69, 9.17) is 5.26 Å². The number of rotatable bonds is 1. The summed E-state index contributed by atoms with van der Waals surface area (Å²) in [5.41, 5.74) is 3.46. The Morgan fingerprint density at radius 1 is 1.17 bits per heavy atom. The quantitative estimate of drug-likeness (QED) is 0.770. The van der Waals surface area contributed by atoms with Gasteiger partial charge in [-0.3, -0.25) is 0 Å². The lowest BCUT2D eigenvalue weighted by molar-refractivity contribution is 0.590. The Labute approximate surface area is 107 Å². The van der Waals surface area contributed by atoms with Gasteiger partial charge in [-0.2, -0.15) is 5.26 Å². The van der Waals surface area contributed by atoms with Gasteiger partial charge in [0.05, 0.1) is 11.4 Å². The Balaban J connectivity index is 2.41. The van der Waals surface area contributed by atoms with Gasteiger partial charge in [-0.05, 0) is 30.0 Å². The average molecular weight is 240 g/mol. The number of hydrogen-bond acceptors (Lipinski definition) is 3. The fraction of sp³-hybridized carbons (Fsp3) is 0.357. The van der Waals surface area contributed by atoms with Crippen molar-refractivity contribution >= 4 is 0 Å². The smallest absolute Gasteiger partial charge is 0.186 e. The molecule has 92 valence electrons. The molecule has 0 unspecified atom stereocenters. The van der Waals surface area contributed by atoms with Crippen LogP contribution in [0.1, 0.15) is 37.7 Å². The van der Waals surface area contributed by atoms with E-state index in [-0.39, 0.29) is 5.41 Å². The molecule has 0 bridgehead atoms. The molecule has 0 aliphatic rings. The van der Waals surface area contributed by atoms with Crippen LogP contribution < -0.4 is 0 Å². The summed E-state index contributed by atoms with van der Waals surface area (Å²) in [5, 5.41) is 16.7. The van der Waals surface area contributed by atoms with Crippen molar-refractivity contribution in [3.8, 4) is 11.8 Å². The zero-order valence-electron chi connectivity index (χ0n) is 11.1. The van der Waals surface area contributed by atoms with Gasteiger partial charge in [0.15, 0.2) is 5.69 Å². The summed E-state index contributed by atoms with van der Waals surface area (Å²) in [4.78, 5) is 0. The minimum Gasteiger partial charge on any atom is -0.216 e. The van der Waals surface area contributed by atoms with Crippen molar-refractivity contribution in [2.45, 2.75) is 33.1 Å². The van der Waals surface area contributed by atoms with Crippen LogP contribution in [0.25, 0.3) is 5.69 Å². The maximum absolute atomic E-state index is 8.86. The number of nitrogens with zero attached hydrogens (tertiary/aromatic N) is 4. The molecule has 0 radical (unpaired) electrons. The third-order valence-electron chi connectivity index (χ3n) is 2.98. The number of hydrogen-bond donors (Lipinski definition) is 0. The van der Waals surface area contributed by atoms with E-state index in [2.05, 4.69) is 43.2 Å². The van der Waals surface area contributed by atoms with Crippen LogP contribution in [-0.4, -0.2) is 15.0 Å². The van der Waals surface area contributed by atoms with E-state index in [1.165, 1.54) is 5.56 Å². The van der Waals surface area contributed by atoms with E-state index in [0.717, 1.165) is 11.4 Å². The molecule has 0 saturated heterocycles. The summed E-state index contributed by atoms with van der Waals surface area (Å²) in [7, 11) is 0. The molecule has 2 aromatic rings. The summed E-state index contributed by atoms with van der Waals surface area (Å²) in [5.74, 6) is 0. The van der Waals surface area contributed by atoms with E-state index < -0.39 is 0 Å². The van der Waals surface area contributed by atoms with Crippen molar-refractivity contribution in [1.29, 1.82) is 5.26 Å². The molecular formula is C14H16N4. The van der Waals surface area contributed by atoms with Gasteiger partial charge in [0.25, 0.3) is 0 Å². The van der Waals surface area contributed by atoms with Crippen molar-refractivity contribution in [3.05, 3.63) is 41.2 Å². The molecule has 0 saturated carbocycles. The molecule has 0 aliphatic heterocycles. The van der Waals surface area contributed by atoms with Gasteiger partial charge >= 0.3 is 0 Å². The number of aromatic nitrogens is 3. The Kier molecular flexibility index (Phi) is 2.92. The van der Waals surface area contributed by atoms with Crippen LogP contribution in [-0.2, 0) is 5.41 Å². The molecule has 18 heavy (non-hydrogen) atoms. The molecule has 0 atom stereocenters. The zero-order valence-corrected chi connectivity index (χ0v) is 11.1. The highest BCUT2D eigenvalue weighted by molar-refractivity contribution is 5.39. The first kappa shape index (κ1) is 12.3. The highest BCUT2D eigenvalue weighted by Gasteiger charge is 2.14. The van der Waals surface area contributed by atoms with Crippen LogP contribution in [0.3, 0.4) is 0 Å². The topological polar surface area (TPSA) is 54.5 Å². The van der Waals surface area contributed by atoms with Crippen LogP contribution in [0.5, 0.6) is 0 Å². The molecule has 2 rings (SSSR count). The van der Waals surface area contributed by atoms with Crippen molar-refractivity contribution < 1.29 is 0 Å². The van der Waals surface area contributed by atoms with E-state index in [1.807, 2.05) is 25.1 Å². The normalized spacial score (nSPS) is 11.3. The SMILES string of the molecule is Cc1c(C#N)nnn1-c1ccc(C(C)(C)C)cc1. The van der Waals surface area contributed by atoms with Crippen LogP contribution in [0.2, 0.25) is 0 Å². The lowest BCUT2D eigenvalue weighted by Gasteiger charge is -2.19. The number of nitriles is 1. The number of benzene rings is 1. The molecule has 4 nitrogen and oxygen atoms in total. The molecule has 4 heteroatoms. The molecule has 0 fully saturated rings. The maximum Gasteiger partial charge on any atom is 0.186 e. The van der Waals surface area contributed by atoms with E-state index >= 15 is 0 Å². The van der Waals surface area contributed by atoms with Gasteiger partial charge in [0.1, 0.15) is 6.07 Å². The summed E-state index contributed by atoms with van der Waals surface area (Å²) in [6, 6.07) is 10.2. The zero-order chi connectivity index (χ0) is 13.3. The largest absolute Gasteiger partial charge is 0.216 e. The van der Waals surface area contributed by atoms with Gasteiger partial charge in [0, 0.05) is 0 Å². The van der Waals surface area contributed by atoms with E-state index in [1.54, 1.807) is 4.68 Å². The molecule has 0 spiro atoms. The lowest BCUT2D eigenvalue weighted by Crippen LogP contribution is -2.11. The second kappa shape index (κ2) is 4.26. The van der Waals surface area contributed by atoms with Gasteiger partial charge in [-0.1, -0.05) is 38.1 Å². The molecule has 0 N–H and O–H groups in total. The minimum atomic E-state index is 0.133. The summed E-state index contributed by atoms with van der Waals surface area (Å²) in [6.07, 6.45) is 0. The fourth-order valence-electron chi connectivity index (χ4n) is 1.78. The Morgan fingerprint density at radius 3 is 2.22 bits per heavy atom. The Hall–Kier alpha value is -2.15. The molecule has 1 heterocycles. The molecule has 0 amide bonds.